The lowest BCUT2D eigenvalue weighted by atomic mass is 9.88. The molecule has 0 saturated carbocycles. The molecular weight excluding hydrogens is 272 g/mol. The number of benzene rings is 1. The highest BCUT2D eigenvalue weighted by atomic mass is 16.6. The summed E-state index contributed by atoms with van der Waals surface area (Å²) in [6, 6.07) is 0. The Labute approximate surface area is 122 Å². The maximum absolute atomic E-state index is 12.2. The van der Waals surface area contributed by atoms with Crippen molar-refractivity contribution in [2.24, 2.45) is 5.41 Å². The van der Waals surface area contributed by atoms with Gasteiger partial charge in [0.15, 0.2) is 6.29 Å². The summed E-state index contributed by atoms with van der Waals surface area (Å²) in [5, 5.41) is 9.66. The molecule has 1 N–H and O–H groups in total. The van der Waals surface area contributed by atoms with Crippen molar-refractivity contribution in [3.05, 3.63) is 27.8 Å². The predicted octanol–water partition coefficient (Wildman–Crippen LogP) is 1.66. The third kappa shape index (κ3) is 2.03. The number of hydrogen-bond acceptors (Lipinski definition) is 5. The lowest BCUT2D eigenvalue weighted by molar-refractivity contribution is -0.0688. The molecule has 1 atom stereocenters. The number of carbonyl (C=O) groups is 2. The van der Waals surface area contributed by atoms with Crippen molar-refractivity contribution in [1.29, 1.82) is 0 Å². The zero-order valence-corrected chi connectivity index (χ0v) is 12.4. The van der Waals surface area contributed by atoms with Gasteiger partial charge in [0, 0.05) is 6.42 Å². The molecule has 1 unspecified atom stereocenters. The average Bonchev–Trinajstić information content (AvgIpc) is 2.70. The summed E-state index contributed by atoms with van der Waals surface area (Å²) in [5.74, 6) is -0.0188. The normalized spacial score (nSPS) is 22.3. The monoisotopic (exact) mass is 290 g/mol. The minimum atomic E-state index is -1.21. The lowest BCUT2D eigenvalue weighted by Crippen LogP contribution is -2.30. The second-order valence-corrected chi connectivity index (χ2v) is 6.46. The molecule has 1 aliphatic carbocycles. The maximum Gasteiger partial charge on any atom is 0.341 e. The van der Waals surface area contributed by atoms with Gasteiger partial charge in [-0.3, -0.25) is 4.79 Å². The third-order valence-corrected chi connectivity index (χ3v) is 4.27. The molecular formula is C16H18O5. The van der Waals surface area contributed by atoms with Crippen LogP contribution in [0, 0.1) is 5.41 Å². The van der Waals surface area contributed by atoms with Gasteiger partial charge in [-0.25, -0.2) is 4.79 Å². The van der Waals surface area contributed by atoms with Crippen LogP contribution in [0.2, 0.25) is 0 Å². The third-order valence-electron chi connectivity index (χ3n) is 4.27. The highest BCUT2D eigenvalue weighted by Crippen LogP contribution is 2.46. The number of cyclic esters (lactones) is 1. The van der Waals surface area contributed by atoms with Crippen molar-refractivity contribution in [2.75, 3.05) is 7.11 Å². The van der Waals surface area contributed by atoms with E-state index in [2.05, 4.69) is 13.8 Å². The molecule has 0 fully saturated rings. The van der Waals surface area contributed by atoms with Gasteiger partial charge in [-0.05, 0) is 34.9 Å². The first kappa shape index (κ1) is 14.1. The number of methoxy groups -OCH3 is 1. The van der Waals surface area contributed by atoms with Gasteiger partial charge in [0.25, 0.3) is 0 Å². The molecule has 0 radical (unpaired) electrons. The van der Waals surface area contributed by atoms with Crippen LogP contribution in [0.1, 0.15) is 51.3 Å². The van der Waals surface area contributed by atoms with Crippen LogP contribution in [0.3, 0.4) is 0 Å². The fraction of sp³-hybridized carbons (Fsp3) is 0.500. The van der Waals surface area contributed by atoms with E-state index < -0.39 is 12.3 Å². The summed E-state index contributed by atoms with van der Waals surface area (Å²) in [4.78, 5) is 23.7. The summed E-state index contributed by atoms with van der Waals surface area (Å²) >= 11 is 0. The molecule has 3 rings (SSSR count). The van der Waals surface area contributed by atoms with E-state index in [0.29, 0.717) is 28.7 Å². The van der Waals surface area contributed by atoms with Gasteiger partial charge in [0.2, 0.25) is 6.29 Å². The number of carbonyl (C=O) groups excluding carboxylic acids is 2. The Hall–Kier alpha value is -1.88. The van der Waals surface area contributed by atoms with Crippen molar-refractivity contribution in [3.63, 3.8) is 0 Å². The molecule has 5 heteroatoms. The lowest BCUT2D eigenvalue weighted by Gasteiger charge is -2.25. The highest BCUT2D eigenvalue weighted by Gasteiger charge is 2.40. The number of rotatable bonds is 2. The number of aldehydes is 1. The molecule has 0 amide bonds. The molecule has 0 spiro atoms. The minimum absolute atomic E-state index is 0.00122. The predicted molar refractivity (Wildman–Crippen MR) is 74.7 cm³/mol. The van der Waals surface area contributed by atoms with Crippen molar-refractivity contribution in [3.8, 4) is 5.75 Å². The van der Waals surface area contributed by atoms with Crippen molar-refractivity contribution >= 4 is 12.3 Å². The standard InChI is InChI=1S/C16H18O5/c1-16(2)5-9-10(6-16)14(20-3)11(7-17)8-4-12(18)21-15(19)13(8)9/h7,12,18H,4-6H2,1-3H3. The molecule has 1 heterocycles. The molecule has 1 aliphatic heterocycles. The van der Waals surface area contributed by atoms with Gasteiger partial charge in [-0.1, -0.05) is 13.8 Å². The summed E-state index contributed by atoms with van der Waals surface area (Å²) in [5.41, 5.74) is 3.16. The first-order valence-corrected chi connectivity index (χ1v) is 6.96. The van der Waals surface area contributed by atoms with Crippen molar-refractivity contribution in [2.45, 2.75) is 39.4 Å². The Morgan fingerprint density at radius 1 is 1.29 bits per heavy atom. The van der Waals surface area contributed by atoms with Gasteiger partial charge in [0.1, 0.15) is 5.75 Å². The molecule has 2 aliphatic rings. The van der Waals surface area contributed by atoms with E-state index in [1.54, 1.807) is 0 Å². The smallest absolute Gasteiger partial charge is 0.341 e. The van der Waals surface area contributed by atoms with E-state index >= 15 is 0 Å². The Morgan fingerprint density at radius 3 is 2.57 bits per heavy atom. The Kier molecular flexibility index (Phi) is 3.06. The van der Waals surface area contributed by atoms with E-state index in [0.717, 1.165) is 24.0 Å². The number of ether oxygens (including phenoxy) is 2. The zero-order valence-electron chi connectivity index (χ0n) is 12.4. The van der Waals surface area contributed by atoms with Gasteiger partial charge in [-0.15, -0.1) is 0 Å². The van der Waals surface area contributed by atoms with E-state index in [9.17, 15) is 14.7 Å². The van der Waals surface area contributed by atoms with Gasteiger partial charge in [0.05, 0.1) is 18.2 Å². The minimum Gasteiger partial charge on any atom is -0.496 e. The molecule has 112 valence electrons. The van der Waals surface area contributed by atoms with Crippen LogP contribution < -0.4 is 4.74 Å². The van der Waals surface area contributed by atoms with Gasteiger partial charge < -0.3 is 14.6 Å². The van der Waals surface area contributed by atoms with Crippen LogP contribution in [-0.4, -0.2) is 30.8 Å². The quantitative estimate of drug-likeness (QED) is 0.662. The molecule has 0 saturated heterocycles. The molecule has 5 nitrogen and oxygen atoms in total. The average molecular weight is 290 g/mol. The van der Waals surface area contributed by atoms with Crippen LogP contribution in [0.5, 0.6) is 5.75 Å². The summed E-state index contributed by atoms with van der Waals surface area (Å²) in [7, 11) is 1.53. The van der Waals surface area contributed by atoms with Crippen LogP contribution in [-0.2, 0) is 24.0 Å². The first-order valence-electron chi connectivity index (χ1n) is 6.96. The number of esters is 1. The molecule has 1 aromatic carbocycles. The van der Waals surface area contributed by atoms with Crippen molar-refractivity contribution in [1.82, 2.24) is 0 Å². The van der Waals surface area contributed by atoms with Crippen LogP contribution >= 0.6 is 0 Å². The van der Waals surface area contributed by atoms with Crippen LogP contribution in [0.4, 0.5) is 0 Å². The number of fused-ring (bicyclic) bond motifs is 3. The molecule has 0 bridgehead atoms. The maximum atomic E-state index is 12.2. The fourth-order valence-electron chi connectivity index (χ4n) is 3.52. The topological polar surface area (TPSA) is 72.8 Å². The second kappa shape index (κ2) is 4.56. The molecule has 21 heavy (non-hydrogen) atoms. The molecule has 1 aromatic rings. The first-order chi connectivity index (χ1) is 9.88. The zero-order chi connectivity index (χ0) is 15.4. The number of aliphatic hydroxyl groups is 1. The number of aliphatic hydroxyl groups excluding tert-OH is 1. The Morgan fingerprint density at radius 2 is 1.95 bits per heavy atom. The van der Waals surface area contributed by atoms with Crippen LogP contribution in [0.25, 0.3) is 0 Å². The highest BCUT2D eigenvalue weighted by molar-refractivity contribution is 5.99. The van der Waals surface area contributed by atoms with E-state index in [1.165, 1.54) is 7.11 Å². The second-order valence-electron chi connectivity index (χ2n) is 6.46. The largest absolute Gasteiger partial charge is 0.496 e. The van der Waals surface area contributed by atoms with Gasteiger partial charge >= 0.3 is 5.97 Å². The Balaban J connectivity index is 2.34. The van der Waals surface area contributed by atoms with E-state index in [4.69, 9.17) is 9.47 Å². The summed E-state index contributed by atoms with van der Waals surface area (Å²) in [6.45, 7) is 4.23. The number of hydrogen-bond donors (Lipinski definition) is 1. The fourth-order valence-corrected chi connectivity index (χ4v) is 3.52. The van der Waals surface area contributed by atoms with E-state index in [-0.39, 0.29) is 11.8 Å². The van der Waals surface area contributed by atoms with Crippen molar-refractivity contribution < 1.29 is 24.2 Å². The summed E-state index contributed by atoms with van der Waals surface area (Å²) < 4.78 is 10.4. The van der Waals surface area contributed by atoms with Gasteiger partial charge in [-0.2, -0.15) is 0 Å². The molecule has 0 aromatic heterocycles. The SMILES string of the molecule is COc1c(C=O)c2c(c3c1CC(C)(C)C3)C(=O)OC(O)C2. The van der Waals surface area contributed by atoms with E-state index in [1.807, 2.05) is 0 Å². The van der Waals surface area contributed by atoms with Crippen LogP contribution in [0.15, 0.2) is 0 Å². The Bertz CT molecular complexity index is 645. The summed E-state index contributed by atoms with van der Waals surface area (Å²) in [6.07, 6.45) is 1.09.